The average molecular weight is 952 g/mol. The van der Waals surface area contributed by atoms with Crippen molar-refractivity contribution in [2.75, 3.05) is 0 Å². The molecule has 0 saturated carbocycles. The number of hydrogen-bond donors (Lipinski definition) is 0. The number of hydrogen-bond acceptors (Lipinski definition) is 5. The molecule has 9 aromatic carbocycles. The van der Waals surface area contributed by atoms with Crippen LogP contribution in [0.1, 0.15) is 0 Å². The molecule has 0 unspecified atom stereocenters. The lowest BCUT2D eigenvalue weighted by atomic mass is 9.97. The fourth-order valence-corrected chi connectivity index (χ4v) is 8.79. The Kier molecular flexibility index (Phi) is 11.7. The third kappa shape index (κ3) is 8.64. The van der Waals surface area contributed by atoms with Gasteiger partial charge in [0, 0.05) is 43.0 Å². The van der Waals surface area contributed by atoms with Gasteiger partial charge in [0.2, 0.25) is 0 Å². The van der Waals surface area contributed by atoms with Crippen LogP contribution in [0.4, 0.5) is 0 Å². The molecule has 7 heteroatoms. The van der Waals surface area contributed by atoms with Crippen molar-refractivity contribution in [2.45, 2.75) is 0 Å². The predicted molar refractivity (Wildman–Crippen MR) is 270 cm³/mol. The first-order valence-corrected chi connectivity index (χ1v) is 22.5. The third-order valence-corrected chi connectivity index (χ3v) is 12.5. The first-order chi connectivity index (χ1) is 31.6. The van der Waals surface area contributed by atoms with E-state index in [-0.39, 0.29) is 0 Å². The van der Waals surface area contributed by atoms with E-state index in [0.29, 0.717) is 17.5 Å². The van der Waals surface area contributed by atoms with E-state index in [0.717, 1.165) is 53.8 Å². The zero-order valence-corrected chi connectivity index (χ0v) is 37.5. The Morgan fingerprint density at radius 2 is 0.594 bits per heavy atom. The Morgan fingerprint density at radius 3 is 1.03 bits per heavy atom. The van der Waals surface area contributed by atoms with E-state index in [1.165, 1.54) is 38.2 Å². The monoisotopic (exact) mass is 949 g/mol. The minimum absolute atomic E-state index is 0.657. The summed E-state index contributed by atoms with van der Waals surface area (Å²) in [5.41, 5.74) is 10.7. The van der Waals surface area contributed by atoms with Gasteiger partial charge in [-0.25, -0.2) is 24.9 Å². The van der Waals surface area contributed by atoms with Crippen molar-refractivity contribution in [3.05, 3.63) is 234 Å². The van der Waals surface area contributed by atoms with Crippen LogP contribution in [0.15, 0.2) is 234 Å². The van der Waals surface area contributed by atoms with E-state index in [1.54, 1.807) is 0 Å². The van der Waals surface area contributed by atoms with Crippen molar-refractivity contribution in [2.24, 2.45) is 0 Å². The van der Waals surface area contributed by atoms with Crippen molar-refractivity contribution in [1.29, 1.82) is 0 Å². The Hall–Kier alpha value is -7.45. The maximum absolute atomic E-state index is 4.83. The van der Waals surface area contributed by atoms with Gasteiger partial charge in [0.15, 0.2) is 23.3 Å². The van der Waals surface area contributed by atoms with Gasteiger partial charge >= 0.3 is 0 Å². The molecule has 0 N–H and O–H groups in total. The zero-order chi connectivity index (χ0) is 43.2. The molecule has 64 heavy (non-hydrogen) atoms. The summed E-state index contributed by atoms with van der Waals surface area (Å²) in [5, 5.41) is 4.87. The molecule has 0 spiro atoms. The molecular formula is C57H37Br2N5. The summed E-state index contributed by atoms with van der Waals surface area (Å²) in [7, 11) is 0. The van der Waals surface area contributed by atoms with Crippen molar-refractivity contribution < 1.29 is 0 Å². The van der Waals surface area contributed by atoms with Gasteiger partial charge in [0.05, 0.1) is 5.69 Å². The molecule has 11 rings (SSSR count). The highest BCUT2D eigenvalue weighted by Crippen LogP contribution is 2.36. The van der Waals surface area contributed by atoms with Crippen LogP contribution in [-0.4, -0.2) is 24.9 Å². The molecule has 0 amide bonds. The van der Waals surface area contributed by atoms with Crippen molar-refractivity contribution in [3.8, 4) is 79.1 Å². The van der Waals surface area contributed by atoms with Crippen LogP contribution in [0.5, 0.6) is 0 Å². The van der Waals surface area contributed by atoms with Gasteiger partial charge in [-0.15, -0.1) is 0 Å². The SMILES string of the molecule is Brc1ccc(-c2ccc(-c3ccnc(-c4ccccc4)n3)cc2)c2ccccc12.Brc1ccc(-c2ccc(-c3nc(-c4ccccc4)nc(-c4ccccc4)n3)cc2)c2ccccc12. The van der Waals surface area contributed by atoms with E-state index in [4.69, 9.17) is 19.9 Å². The van der Waals surface area contributed by atoms with E-state index >= 15 is 0 Å². The number of halogens is 2. The zero-order valence-electron chi connectivity index (χ0n) is 34.4. The molecule has 0 atom stereocenters. The van der Waals surface area contributed by atoms with E-state index < -0.39 is 0 Å². The van der Waals surface area contributed by atoms with Crippen LogP contribution in [0, 0.1) is 0 Å². The normalized spacial score (nSPS) is 11.0. The Labute approximate surface area is 388 Å². The molecule has 11 aromatic rings. The highest BCUT2D eigenvalue weighted by Gasteiger charge is 2.14. The quantitative estimate of drug-likeness (QED) is 0.159. The Morgan fingerprint density at radius 1 is 0.250 bits per heavy atom. The molecule has 0 saturated heterocycles. The summed E-state index contributed by atoms with van der Waals surface area (Å²) in [6.45, 7) is 0. The Balaban J connectivity index is 0.000000154. The van der Waals surface area contributed by atoms with Gasteiger partial charge in [0.1, 0.15) is 0 Å². The topological polar surface area (TPSA) is 64.5 Å². The van der Waals surface area contributed by atoms with Crippen LogP contribution in [0.3, 0.4) is 0 Å². The number of rotatable bonds is 7. The van der Waals surface area contributed by atoms with Gasteiger partial charge in [-0.2, -0.15) is 0 Å². The first kappa shape index (κ1) is 40.6. The standard InChI is InChI=1S/C31H20BrN3.C26H17BrN2/c32-28-20-19-25(26-13-7-8-14-27(26)28)21-15-17-24(18-16-21)31-34-29(22-9-3-1-4-10-22)33-30(35-31)23-11-5-2-6-12-23;27-24-15-14-21(22-8-4-5-9-23(22)24)18-10-12-19(13-11-18)25-16-17-28-26(29-25)20-6-2-1-3-7-20/h1-20H;1-17H. The van der Waals surface area contributed by atoms with Crippen LogP contribution in [0.25, 0.3) is 101 Å². The fraction of sp³-hybridized carbons (Fsp3) is 0. The molecule has 0 radical (unpaired) electrons. The third-order valence-electron chi connectivity index (χ3n) is 11.1. The summed E-state index contributed by atoms with van der Waals surface area (Å²) < 4.78 is 2.21. The molecule has 2 aromatic heterocycles. The lowest BCUT2D eigenvalue weighted by molar-refractivity contribution is 1.07. The first-order valence-electron chi connectivity index (χ1n) is 20.9. The highest BCUT2D eigenvalue weighted by molar-refractivity contribution is 9.11. The van der Waals surface area contributed by atoms with Crippen molar-refractivity contribution in [3.63, 3.8) is 0 Å². The lowest BCUT2D eigenvalue weighted by Gasteiger charge is -2.11. The molecule has 2 heterocycles. The second kappa shape index (κ2) is 18.5. The molecule has 0 fully saturated rings. The van der Waals surface area contributed by atoms with E-state index in [1.807, 2.05) is 103 Å². The van der Waals surface area contributed by atoms with E-state index in [9.17, 15) is 0 Å². The second-order valence-electron chi connectivity index (χ2n) is 15.1. The van der Waals surface area contributed by atoms with Gasteiger partial charge < -0.3 is 0 Å². The van der Waals surface area contributed by atoms with Gasteiger partial charge in [0.25, 0.3) is 0 Å². The maximum atomic E-state index is 4.83. The second-order valence-corrected chi connectivity index (χ2v) is 16.8. The molecule has 0 aliphatic heterocycles. The van der Waals surface area contributed by atoms with Gasteiger partial charge in [-0.3, -0.25) is 0 Å². The van der Waals surface area contributed by atoms with Crippen LogP contribution in [0.2, 0.25) is 0 Å². The van der Waals surface area contributed by atoms with Crippen molar-refractivity contribution in [1.82, 2.24) is 24.9 Å². The predicted octanol–water partition coefficient (Wildman–Crippen LogP) is 15.8. The lowest BCUT2D eigenvalue weighted by Crippen LogP contribution is -2.00. The molecular weight excluding hydrogens is 914 g/mol. The number of nitrogens with zero attached hydrogens (tertiary/aromatic N) is 5. The molecule has 304 valence electrons. The van der Waals surface area contributed by atoms with Crippen molar-refractivity contribution >= 4 is 53.4 Å². The minimum Gasteiger partial charge on any atom is -0.237 e. The molecule has 0 aliphatic rings. The summed E-state index contributed by atoms with van der Waals surface area (Å²) in [5.74, 6) is 2.73. The Bertz CT molecular complexity index is 3320. The smallest absolute Gasteiger partial charge is 0.164 e. The van der Waals surface area contributed by atoms with Crippen LogP contribution >= 0.6 is 31.9 Å². The summed E-state index contributed by atoms with van der Waals surface area (Å²) in [4.78, 5) is 23.6. The maximum Gasteiger partial charge on any atom is 0.164 e. The molecule has 0 bridgehead atoms. The van der Waals surface area contributed by atoms with E-state index in [2.05, 4.69) is 158 Å². The fourth-order valence-electron chi connectivity index (χ4n) is 7.83. The largest absolute Gasteiger partial charge is 0.237 e. The summed E-state index contributed by atoms with van der Waals surface area (Å²) >= 11 is 7.33. The average Bonchev–Trinajstić information content (AvgIpc) is 3.38. The summed E-state index contributed by atoms with van der Waals surface area (Å²) in [6, 6.07) is 74.6. The number of benzene rings is 9. The summed E-state index contributed by atoms with van der Waals surface area (Å²) in [6.07, 6.45) is 1.82. The molecule has 0 aliphatic carbocycles. The van der Waals surface area contributed by atoms with Gasteiger partial charge in [-0.05, 0) is 62.0 Å². The number of fused-ring (bicyclic) bond motifs is 2. The van der Waals surface area contributed by atoms with Gasteiger partial charge in [-0.1, -0.05) is 232 Å². The number of aromatic nitrogens is 5. The van der Waals surface area contributed by atoms with Crippen LogP contribution < -0.4 is 0 Å². The molecule has 5 nitrogen and oxygen atoms in total. The van der Waals surface area contributed by atoms with Crippen LogP contribution in [-0.2, 0) is 0 Å². The highest BCUT2D eigenvalue weighted by atomic mass is 79.9. The minimum atomic E-state index is 0.657.